The van der Waals surface area contributed by atoms with Crippen molar-refractivity contribution in [3.05, 3.63) is 0 Å². The summed E-state index contributed by atoms with van der Waals surface area (Å²) in [5.41, 5.74) is 0. The Bertz CT molecular complexity index is 345. The number of nitrogens with zero attached hydrogens (tertiary/aromatic N) is 1. The summed E-state index contributed by atoms with van der Waals surface area (Å²) < 4.78 is 0. The summed E-state index contributed by atoms with van der Waals surface area (Å²) >= 11 is 1.96. The molecular weight excluding hydrogens is 268 g/mol. The van der Waals surface area contributed by atoms with Crippen molar-refractivity contribution in [2.45, 2.75) is 76.9 Å². The van der Waals surface area contributed by atoms with E-state index in [1.807, 2.05) is 11.8 Å². The van der Waals surface area contributed by atoms with Gasteiger partial charge in [-0.1, -0.05) is 27.7 Å². The maximum absolute atomic E-state index is 12.8. The Morgan fingerprint density at radius 3 is 2.50 bits per heavy atom. The Balaban J connectivity index is 2.10. The lowest BCUT2D eigenvalue weighted by molar-refractivity contribution is -0.133. The number of rotatable bonds is 5. The van der Waals surface area contributed by atoms with Gasteiger partial charge in [0.25, 0.3) is 0 Å². The van der Waals surface area contributed by atoms with Crippen LogP contribution in [-0.2, 0) is 4.79 Å². The standard InChI is InChI=1S/C16H30N2OS/c1-10(2)8-14-16(19)18(15(17-14)11(3)4)12-6-7-13(9-12)20-5/h10-15,17H,6-9H2,1-5H3. The van der Waals surface area contributed by atoms with Crippen LogP contribution in [0.4, 0.5) is 0 Å². The molecule has 20 heavy (non-hydrogen) atoms. The second-order valence-corrected chi connectivity index (χ2v) is 8.25. The van der Waals surface area contributed by atoms with Gasteiger partial charge in [-0.15, -0.1) is 0 Å². The van der Waals surface area contributed by atoms with Crippen LogP contribution in [0.15, 0.2) is 0 Å². The van der Waals surface area contributed by atoms with Gasteiger partial charge in [-0.3, -0.25) is 10.1 Å². The Morgan fingerprint density at radius 2 is 2.00 bits per heavy atom. The molecule has 0 aromatic rings. The second-order valence-electron chi connectivity index (χ2n) is 7.11. The van der Waals surface area contributed by atoms with Crippen molar-refractivity contribution in [2.24, 2.45) is 11.8 Å². The van der Waals surface area contributed by atoms with Gasteiger partial charge in [0.05, 0.1) is 12.2 Å². The molecule has 0 bridgehead atoms. The molecule has 0 aromatic heterocycles. The van der Waals surface area contributed by atoms with Gasteiger partial charge in [0.1, 0.15) is 0 Å². The van der Waals surface area contributed by atoms with Crippen molar-refractivity contribution in [3.63, 3.8) is 0 Å². The Morgan fingerprint density at radius 1 is 1.30 bits per heavy atom. The van der Waals surface area contributed by atoms with E-state index in [0.29, 0.717) is 23.8 Å². The Hall–Kier alpha value is -0.220. The van der Waals surface area contributed by atoms with Crippen LogP contribution < -0.4 is 5.32 Å². The molecule has 1 aliphatic heterocycles. The summed E-state index contributed by atoms with van der Waals surface area (Å²) in [5.74, 6) is 1.39. The minimum atomic E-state index is 0.0377. The van der Waals surface area contributed by atoms with Crippen molar-refractivity contribution >= 4 is 17.7 Å². The van der Waals surface area contributed by atoms with Gasteiger partial charge >= 0.3 is 0 Å². The van der Waals surface area contributed by atoms with Crippen LogP contribution in [-0.4, -0.2) is 40.6 Å². The van der Waals surface area contributed by atoms with E-state index in [0.717, 1.165) is 11.7 Å². The quantitative estimate of drug-likeness (QED) is 0.846. The molecule has 2 rings (SSSR count). The molecule has 1 N–H and O–H groups in total. The van der Waals surface area contributed by atoms with Crippen LogP contribution >= 0.6 is 11.8 Å². The summed E-state index contributed by atoms with van der Waals surface area (Å²) in [7, 11) is 0. The normalized spacial score (nSPS) is 34.8. The number of nitrogens with one attached hydrogen (secondary N) is 1. The zero-order chi connectivity index (χ0) is 14.9. The summed E-state index contributed by atoms with van der Waals surface area (Å²) in [6, 6.07) is 0.493. The molecule has 4 heteroatoms. The lowest BCUT2D eigenvalue weighted by atomic mass is 10.0. The molecule has 2 fully saturated rings. The fourth-order valence-corrected chi connectivity index (χ4v) is 4.41. The number of hydrogen-bond acceptors (Lipinski definition) is 3. The molecule has 1 heterocycles. The van der Waals surface area contributed by atoms with Crippen LogP contribution in [0.3, 0.4) is 0 Å². The molecule has 2 aliphatic rings. The summed E-state index contributed by atoms with van der Waals surface area (Å²) in [6.07, 6.45) is 6.99. The Labute approximate surface area is 128 Å². The van der Waals surface area contributed by atoms with E-state index >= 15 is 0 Å². The molecule has 0 aromatic carbocycles. The lowest BCUT2D eigenvalue weighted by Crippen LogP contribution is -2.46. The van der Waals surface area contributed by atoms with Gasteiger partial charge in [-0.05, 0) is 43.8 Å². The van der Waals surface area contributed by atoms with E-state index in [1.54, 1.807) is 0 Å². The van der Waals surface area contributed by atoms with E-state index in [-0.39, 0.29) is 12.2 Å². The smallest absolute Gasteiger partial charge is 0.241 e. The monoisotopic (exact) mass is 298 g/mol. The topological polar surface area (TPSA) is 32.3 Å². The maximum atomic E-state index is 12.8. The molecule has 116 valence electrons. The largest absolute Gasteiger partial charge is 0.323 e. The fourth-order valence-electron chi connectivity index (χ4n) is 3.62. The average Bonchev–Trinajstić information content (AvgIpc) is 2.94. The van der Waals surface area contributed by atoms with Gasteiger partial charge < -0.3 is 4.90 Å². The van der Waals surface area contributed by atoms with E-state index in [9.17, 15) is 4.79 Å². The fraction of sp³-hybridized carbons (Fsp3) is 0.938. The van der Waals surface area contributed by atoms with Crippen molar-refractivity contribution in [3.8, 4) is 0 Å². The molecule has 1 aliphatic carbocycles. The Kier molecular flexibility index (Phi) is 5.41. The van der Waals surface area contributed by atoms with E-state index in [2.05, 4.69) is 44.2 Å². The highest BCUT2D eigenvalue weighted by atomic mass is 32.2. The highest BCUT2D eigenvalue weighted by Crippen LogP contribution is 2.35. The van der Waals surface area contributed by atoms with Gasteiger partial charge in [-0.25, -0.2) is 0 Å². The molecule has 1 amide bonds. The van der Waals surface area contributed by atoms with Crippen molar-refractivity contribution < 1.29 is 4.79 Å². The summed E-state index contributed by atoms with van der Waals surface area (Å²) in [4.78, 5) is 15.0. The number of hydrogen-bond donors (Lipinski definition) is 1. The van der Waals surface area contributed by atoms with Crippen molar-refractivity contribution in [2.75, 3.05) is 6.26 Å². The lowest BCUT2D eigenvalue weighted by Gasteiger charge is -2.32. The van der Waals surface area contributed by atoms with E-state index in [1.165, 1.54) is 19.3 Å². The third kappa shape index (κ3) is 3.33. The van der Waals surface area contributed by atoms with Crippen LogP contribution in [0.5, 0.6) is 0 Å². The predicted molar refractivity (Wildman–Crippen MR) is 86.8 cm³/mol. The third-order valence-corrected chi connectivity index (χ3v) is 5.74. The van der Waals surface area contributed by atoms with Gasteiger partial charge in [-0.2, -0.15) is 11.8 Å². The molecule has 0 spiro atoms. The first-order chi connectivity index (χ1) is 9.43. The number of amides is 1. The van der Waals surface area contributed by atoms with Gasteiger partial charge in [0.2, 0.25) is 5.91 Å². The second kappa shape index (κ2) is 6.69. The first-order valence-electron chi connectivity index (χ1n) is 8.05. The zero-order valence-electron chi connectivity index (χ0n) is 13.6. The SMILES string of the molecule is CSC1CCC(N2C(=O)C(CC(C)C)NC2C(C)C)C1. The highest BCUT2D eigenvalue weighted by Gasteiger charge is 2.45. The number of thioether (sulfide) groups is 1. The van der Waals surface area contributed by atoms with Crippen LogP contribution in [0.2, 0.25) is 0 Å². The molecular formula is C16H30N2OS. The zero-order valence-corrected chi connectivity index (χ0v) is 14.4. The highest BCUT2D eigenvalue weighted by molar-refractivity contribution is 7.99. The molecule has 1 saturated carbocycles. The van der Waals surface area contributed by atoms with Crippen LogP contribution in [0, 0.1) is 11.8 Å². The predicted octanol–water partition coefficient (Wildman–Crippen LogP) is 3.10. The molecule has 1 saturated heterocycles. The minimum absolute atomic E-state index is 0.0377. The molecule has 4 atom stereocenters. The minimum Gasteiger partial charge on any atom is -0.323 e. The summed E-state index contributed by atoms with van der Waals surface area (Å²) in [6.45, 7) is 8.83. The number of carbonyl (C=O) groups excluding carboxylic acids is 1. The molecule has 4 unspecified atom stereocenters. The van der Waals surface area contributed by atoms with Gasteiger partial charge in [0, 0.05) is 11.3 Å². The third-order valence-electron chi connectivity index (χ3n) is 4.65. The van der Waals surface area contributed by atoms with E-state index in [4.69, 9.17) is 0 Å². The first-order valence-corrected chi connectivity index (χ1v) is 9.33. The number of carbonyl (C=O) groups is 1. The maximum Gasteiger partial charge on any atom is 0.241 e. The van der Waals surface area contributed by atoms with Crippen LogP contribution in [0.1, 0.15) is 53.4 Å². The molecule has 3 nitrogen and oxygen atoms in total. The first kappa shape index (κ1) is 16.2. The van der Waals surface area contributed by atoms with Crippen molar-refractivity contribution in [1.29, 1.82) is 0 Å². The molecule has 0 radical (unpaired) electrons. The van der Waals surface area contributed by atoms with Crippen LogP contribution in [0.25, 0.3) is 0 Å². The van der Waals surface area contributed by atoms with Crippen molar-refractivity contribution in [1.82, 2.24) is 10.2 Å². The van der Waals surface area contributed by atoms with E-state index < -0.39 is 0 Å². The summed E-state index contributed by atoms with van der Waals surface area (Å²) in [5, 5.41) is 4.34. The average molecular weight is 298 g/mol. The van der Waals surface area contributed by atoms with Gasteiger partial charge in [0.15, 0.2) is 0 Å².